The van der Waals surface area contributed by atoms with E-state index >= 15 is 0 Å². The molecule has 0 saturated carbocycles. The zero-order chi connectivity index (χ0) is 17.3. The molecule has 1 atom stereocenters. The van der Waals surface area contributed by atoms with Gasteiger partial charge in [-0.25, -0.2) is 4.98 Å². The third-order valence-electron chi connectivity index (χ3n) is 4.26. The second-order valence-corrected chi connectivity index (χ2v) is 5.96. The SMILES string of the molecule is CCOc1ncccc1CNC(=NC)NCC1(CCO)CCOC1.I. The summed E-state index contributed by atoms with van der Waals surface area (Å²) < 4.78 is 11.1. The highest BCUT2D eigenvalue weighted by Gasteiger charge is 2.34. The summed E-state index contributed by atoms with van der Waals surface area (Å²) in [5.74, 6) is 1.36. The van der Waals surface area contributed by atoms with Crippen molar-refractivity contribution < 1.29 is 14.6 Å². The lowest BCUT2D eigenvalue weighted by Crippen LogP contribution is -2.44. The van der Waals surface area contributed by atoms with Gasteiger partial charge in [-0.3, -0.25) is 4.99 Å². The number of hydrogen-bond donors (Lipinski definition) is 3. The first kappa shape index (κ1) is 21.9. The zero-order valence-electron chi connectivity index (χ0n) is 15.0. The van der Waals surface area contributed by atoms with Gasteiger partial charge in [-0.1, -0.05) is 6.07 Å². The van der Waals surface area contributed by atoms with Crippen LogP contribution in [-0.4, -0.2) is 56.1 Å². The number of nitrogens with one attached hydrogen (secondary N) is 2. The predicted octanol–water partition coefficient (Wildman–Crippen LogP) is 1.55. The van der Waals surface area contributed by atoms with Crippen molar-refractivity contribution in [3.8, 4) is 5.88 Å². The number of guanidine groups is 1. The standard InChI is InChI=1S/C17H28N4O3.HI/c1-3-24-15-14(5-4-8-19-15)11-20-16(18-2)21-12-17(6-9-22)7-10-23-13-17;/h4-5,8,22H,3,6-7,9-13H2,1-2H3,(H2,18,20,21);1H. The first-order valence-electron chi connectivity index (χ1n) is 8.43. The van der Waals surface area contributed by atoms with E-state index in [1.165, 1.54) is 0 Å². The summed E-state index contributed by atoms with van der Waals surface area (Å²) >= 11 is 0. The van der Waals surface area contributed by atoms with Crippen LogP contribution in [0.25, 0.3) is 0 Å². The van der Waals surface area contributed by atoms with Crippen LogP contribution in [0.15, 0.2) is 23.3 Å². The summed E-state index contributed by atoms with van der Waals surface area (Å²) in [7, 11) is 1.74. The second kappa shape index (κ2) is 11.5. The van der Waals surface area contributed by atoms with Gasteiger partial charge >= 0.3 is 0 Å². The molecule has 2 rings (SSSR count). The first-order valence-corrected chi connectivity index (χ1v) is 8.43. The average Bonchev–Trinajstić information content (AvgIpc) is 3.06. The minimum atomic E-state index is -0.0167. The Morgan fingerprint density at radius 1 is 1.48 bits per heavy atom. The molecule has 7 nitrogen and oxygen atoms in total. The molecule has 0 spiro atoms. The molecule has 3 N–H and O–H groups in total. The maximum Gasteiger partial charge on any atom is 0.218 e. The van der Waals surface area contributed by atoms with Crippen molar-refractivity contribution in [1.82, 2.24) is 15.6 Å². The molecule has 1 aromatic heterocycles. The number of pyridine rings is 1. The third-order valence-corrected chi connectivity index (χ3v) is 4.26. The molecule has 142 valence electrons. The minimum absolute atomic E-state index is 0. The predicted molar refractivity (Wildman–Crippen MR) is 109 cm³/mol. The van der Waals surface area contributed by atoms with E-state index in [1.807, 2.05) is 19.1 Å². The van der Waals surface area contributed by atoms with Crippen molar-refractivity contribution in [1.29, 1.82) is 0 Å². The van der Waals surface area contributed by atoms with Crippen molar-refractivity contribution in [3.63, 3.8) is 0 Å². The first-order chi connectivity index (χ1) is 11.7. The van der Waals surface area contributed by atoms with Gasteiger partial charge in [-0.15, -0.1) is 24.0 Å². The molecule has 2 heterocycles. The third kappa shape index (κ3) is 6.59. The van der Waals surface area contributed by atoms with Gasteiger partial charge in [0.1, 0.15) is 0 Å². The van der Waals surface area contributed by atoms with Crippen molar-refractivity contribution in [2.24, 2.45) is 10.4 Å². The van der Waals surface area contributed by atoms with Crippen LogP contribution in [0.5, 0.6) is 5.88 Å². The Bertz CT molecular complexity index is 536. The topological polar surface area (TPSA) is 88.0 Å². The largest absolute Gasteiger partial charge is 0.478 e. The lowest BCUT2D eigenvalue weighted by atomic mass is 9.84. The summed E-state index contributed by atoms with van der Waals surface area (Å²) in [5.41, 5.74) is 0.966. The van der Waals surface area contributed by atoms with Crippen LogP contribution in [0.3, 0.4) is 0 Å². The molecule has 0 bridgehead atoms. The Hall–Kier alpha value is -1.13. The van der Waals surface area contributed by atoms with E-state index in [4.69, 9.17) is 9.47 Å². The molecule has 8 heteroatoms. The summed E-state index contributed by atoms with van der Waals surface area (Å²) in [6, 6.07) is 3.87. The number of ether oxygens (including phenoxy) is 2. The highest BCUT2D eigenvalue weighted by Crippen LogP contribution is 2.31. The summed E-state index contributed by atoms with van der Waals surface area (Å²) in [6.45, 7) is 5.42. The van der Waals surface area contributed by atoms with E-state index in [0.29, 0.717) is 31.6 Å². The normalized spacial score (nSPS) is 20.0. The second-order valence-electron chi connectivity index (χ2n) is 5.96. The smallest absolute Gasteiger partial charge is 0.218 e. The Morgan fingerprint density at radius 2 is 2.32 bits per heavy atom. The Balaban J connectivity index is 0.00000312. The van der Waals surface area contributed by atoms with Gasteiger partial charge in [0.15, 0.2) is 5.96 Å². The summed E-state index contributed by atoms with van der Waals surface area (Å²) in [4.78, 5) is 8.51. The van der Waals surface area contributed by atoms with E-state index in [2.05, 4.69) is 20.6 Å². The monoisotopic (exact) mass is 464 g/mol. The lowest BCUT2D eigenvalue weighted by Gasteiger charge is -2.27. The minimum Gasteiger partial charge on any atom is -0.478 e. The number of rotatable bonds is 8. The Kier molecular flexibility index (Phi) is 10.1. The fourth-order valence-electron chi connectivity index (χ4n) is 2.81. The summed E-state index contributed by atoms with van der Waals surface area (Å²) in [6.07, 6.45) is 3.41. The maximum absolute atomic E-state index is 9.30. The highest BCUT2D eigenvalue weighted by molar-refractivity contribution is 14.0. The molecule has 0 radical (unpaired) electrons. The molecule has 0 amide bonds. The van der Waals surface area contributed by atoms with E-state index in [1.54, 1.807) is 13.2 Å². The maximum atomic E-state index is 9.30. The van der Waals surface area contributed by atoms with Gasteiger partial charge in [0.2, 0.25) is 5.88 Å². The number of aromatic nitrogens is 1. The van der Waals surface area contributed by atoms with Crippen molar-refractivity contribution >= 4 is 29.9 Å². The van der Waals surface area contributed by atoms with Gasteiger partial charge in [-0.05, 0) is 25.8 Å². The van der Waals surface area contributed by atoms with Crippen LogP contribution in [0.4, 0.5) is 0 Å². The van der Waals surface area contributed by atoms with Gasteiger partial charge in [0, 0.05) is 50.5 Å². The van der Waals surface area contributed by atoms with Crippen LogP contribution in [0, 0.1) is 5.41 Å². The van der Waals surface area contributed by atoms with Crippen molar-refractivity contribution in [3.05, 3.63) is 23.9 Å². The van der Waals surface area contributed by atoms with Crippen LogP contribution in [0.1, 0.15) is 25.3 Å². The number of aliphatic imine (C=N–C) groups is 1. The molecule has 25 heavy (non-hydrogen) atoms. The molecule has 1 saturated heterocycles. The molecule has 1 fully saturated rings. The molecule has 1 unspecified atom stereocenters. The number of halogens is 1. The van der Waals surface area contributed by atoms with Crippen LogP contribution < -0.4 is 15.4 Å². The van der Waals surface area contributed by atoms with Crippen LogP contribution in [0.2, 0.25) is 0 Å². The highest BCUT2D eigenvalue weighted by atomic mass is 127. The lowest BCUT2D eigenvalue weighted by molar-refractivity contribution is 0.127. The van der Waals surface area contributed by atoms with Crippen LogP contribution >= 0.6 is 24.0 Å². The summed E-state index contributed by atoms with van der Waals surface area (Å²) in [5, 5.41) is 15.9. The number of aliphatic hydroxyl groups is 1. The Labute approximate surface area is 166 Å². The van der Waals surface area contributed by atoms with Crippen molar-refractivity contribution in [2.75, 3.05) is 40.0 Å². The van der Waals surface area contributed by atoms with E-state index in [9.17, 15) is 5.11 Å². The molecule has 1 aromatic rings. The van der Waals surface area contributed by atoms with Gasteiger partial charge in [0.25, 0.3) is 0 Å². The van der Waals surface area contributed by atoms with Gasteiger partial charge in [-0.2, -0.15) is 0 Å². The van der Waals surface area contributed by atoms with E-state index < -0.39 is 0 Å². The zero-order valence-corrected chi connectivity index (χ0v) is 17.3. The fraction of sp³-hybridized carbons (Fsp3) is 0.647. The molecule has 0 aliphatic carbocycles. The van der Waals surface area contributed by atoms with Gasteiger partial charge < -0.3 is 25.2 Å². The molecule has 1 aliphatic heterocycles. The average molecular weight is 464 g/mol. The molecule has 1 aliphatic rings. The molecule has 0 aromatic carbocycles. The number of aliphatic hydroxyl groups excluding tert-OH is 1. The van der Waals surface area contributed by atoms with Gasteiger partial charge in [0.05, 0.1) is 13.2 Å². The van der Waals surface area contributed by atoms with Crippen LogP contribution in [-0.2, 0) is 11.3 Å². The Morgan fingerprint density at radius 3 is 2.96 bits per heavy atom. The van der Waals surface area contributed by atoms with Crippen molar-refractivity contribution in [2.45, 2.75) is 26.3 Å². The van der Waals surface area contributed by atoms with E-state index in [0.717, 1.165) is 31.6 Å². The molecular formula is C17H29IN4O3. The number of hydrogen-bond acceptors (Lipinski definition) is 5. The van der Waals surface area contributed by atoms with E-state index in [-0.39, 0.29) is 36.0 Å². The number of nitrogens with zero attached hydrogens (tertiary/aromatic N) is 2. The fourth-order valence-corrected chi connectivity index (χ4v) is 2.81. The quantitative estimate of drug-likeness (QED) is 0.308. The molecular weight excluding hydrogens is 435 g/mol.